The van der Waals surface area contributed by atoms with Crippen molar-refractivity contribution in [3.05, 3.63) is 29.3 Å². The van der Waals surface area contributed by atoms with Gasteiger partial charge >= 0.3 is 0 Å². The summed E-state index contributed by atoms with van der Waals surface area (Å²) in [5.74, 6) is 0.237. The molecule has 1 aromatic carbocycles. The highest BCUT2D eigenvalue weighted by Crippen LogP contribution is 2.21. The van der Waals surface area contributed by atoms with Crippen LogP contribution >= 0.6 is 0 Å². The maximum Gasteiger partial charge on any atom is 0.232 e. The second-order valence-corrected chi connectivity index (χ2v) is 8.04. The number of nitrogens with one attached hydrogen (secondary N) is 1. The highest BCUT2D eigenvalue weighted by atomic mass is 32.2. The van der Waals surface area contributed by atoms with Gasteiger partial charge in [0.2, 0.25) is 15.9 Å². The minimum atomic E-state index is -3.43. The highest BCUT2D eigenvalue weighted by Gasteiger charge is 2.19. The molecule has 1 N–H and O–H groups in total. The van der Waals surface area contributed by atoms with Crippen LogP contribution in [-0.4, -0.2) is 33.7 Å². The molecule has 1 rings (SSSR count). The molecule has 1 amide bonds. The summed E-state index contributed by atoms with van der Waals surface area (Å²) in [6.45, 7) is 8.61. The zero-order chi connectivity index (χ0) is 16.9. The van der Waals surface area contributed by atoms with Crippen molar-refractivity contribution in [1.82, 2.24) is 5.32 Å². The zero-order valence-corrected chi connectivity index (χ0v) is 14.8. The Labute approximate surface area is 133 Å². The van der Waals surface area contributed by atoms with E-state index in [0.29, 0.717) is 18.2 Å². The Morgan fingerprint density at radius 2 is 1.73 bits per heavy atom. The minimum Gasteiger partial charge on any atom is -0.356 e. The van der Waals surface area contributed by atoms with Crippen LogP contribution in [0.25, 0.3) is 0 Å². The standard InChI is InChI=1S/C16H26N2O3S/c1-12(2)11-17-16(19)6-7-18(22(5,20)21)15-9-13(3)8-14(4)10-15/h8-10,12H,6-7,11H2,1-5H3,(H,17,19). The van der Waals surface area contributed by atoms with Gasteiger partial charge in [-0.2, -0.15) is 0 Å². The van der Waals surface area contributed by atoms with Gasteiger partial charge < -0.3 is 5.32 Å². The summed E-state index contributed by atoms with van der Waals surface area (Å²) in [5, 5.41) is 2.80. The molecular weight excluding hydrogens is 300 g/mol. The Bertz CT molecular complexity index is 604. The molecule has 0 aromatic heterocycles. The van der Waals surface area contributed by atoms with Crippen LogP contribution in [0, 0.1) is 19.8 Å². The molecule has 0 aliphatic heterocycles. The number of amides is 1. The third-order valence-corrected chi connectivity index (χ3v) is 4.34. The predicted molar refractivity (Wildman–Crippen MR) is 90.6 cm³/mol. The maximum absolute atomic E-state index is 12.0. The van der Waals surface area contributed by atoms with Crippen LogP contribution < -0.4 is 9.62 Å². The van der Waals surface area contributed by atoms with E-state index in [4.69, 9.17) is 0 Å². The number of hydrogen-bond donors (Lipinski definition) is 1. The molecule has 0 aliphatic rings. The number of hydrogen-bond acceptors (Lipinski definition) is 3. The van der Waals surface area contributed by atoms with E-state index in [2.05, 4.69) is 5.32 Å². The first-order valence-electron chi connectivity index (χ1n) is 7.42. The van der Waals surface area contributed by atoms with Crippen LogP contribution in [0.3, 0.4) is 0 Å². The fourth-order valence-electron chi connectivity index (χ4n) is 2.19. The lowest BCUT2D eigenvalue weighted by Crippen LogP contribution is -2.35. The molecule has 0 spiro atoms. The molecule has 0 saturated carbocycles. The zero-order valence-electron chi connectivity index (χ0n) is 14.0. The number of carbonyl (C=O) groups excluding carboxylic acids is 1. The summed E-state index contributed by atoms with van der Waals surface area (Å²) in [6, 6.07) is 5.62. The summed E-state index contributed by atoms with van der Waals surface area (Å²) in [5.41, 5.74) is 2.59. The summed E-state index contributed by atoms with van der Waals surface area (Å²) in [7, 11) is -3.43. The summed E-state index contributed by atoms with van der Waals surface area (Å²) in [6.07, 6.45) is 1.31. The van der Waals surface area contributed by atoms with Crippen molar-refractivity contribution in [3.63, 3.8) is 0 Å². The third kappa shape index (κ3) is 6.05. The number of aryl methyl sites for hydroxylation is 2. The van der Waals surface area contributed by atoms with E-state index in [1.165, 1.54) is 4.31 Å². The molecule has 1 aromatic rings. The molecule has 22 heavy (non-hydrogen) atoms. The molecule has 0 radical (unpaired) electrons. The lowest BCUT2D eigenvalue weighted by molar-refractivity contribution is -0.121. The van der Waals surface area contributed by atoms with Crippen molar-refractivity contribution in [2.75, 3.05) is 23.7 Å². The van der Waals surface area contributed by atoms with Gasteiger partial charge in [-0.25, -0.2) is 8.42 Å². The van der Waals surface area contributed by atoms with Crippen molar-refractivity contribution < 1.29 is 13.2 Å². The van der Waals surface area contributed by atoms with E-state index in [0.717, 1.165) is 17.4 Å². The van der Waals surface area contributed by atoms with E-state index in [9.17, 15) is 13.2 Å². The van der Waals surface area contributed by atoms with Crippen molar-refractivity contribution in [3.8, 4) is 0 Å². The van der Waals surface area contributed by atoms with Gasteiger partial charge in [-0.3, -0.25) is 9.10 Å². The molecule has 124 valence electrons. The lowest BCUT2D eigenvalue weighted by Gasteiger charge is -2.23. The van der Waals surface area contributed by atoms with Crippen LogP contribution in [0.15, 0.2) is 18.2 Å². The molecule has 0 aliphatic carbocycles. The molecule has 0 fully saturated rings. The van der Waals surface area contributed by atoms with Gasteiger partial charge in [-0.15, -0.1) is 0 Å². The van der Waals surface area contributed by atoms with E-state index in [1.807, 2.05) is 45.9 Å². The minimum absolute atomic E-state index is 0.133. The van der Waals surface area contributed by atoms with E-state index in [1.54, 1.807) is 0 Å². The number of rotatable bonds is 7. The van der Waals surface area contributed by atoms with Crippen LogP contribution in [0.1, 0.15) is 31.4 Å². The van der Waals surface area contributed by atoms with Gasteiger partial charge in [0.1, 0.15) is 0 Å². The Hall–Kier alpha value is -1.56. The Kier molecular flexibility index (Phi) is 6.41. The van der Waals surface area contributed by atoms with Crippen molar-refractivity contribution in [2.45, 2.75) is 34.1 Å². The quantitative estimate of drug-likeness (QED) is 0.835. The summed E-state index contributed by atoms with van der Waals surface area (Å²) in [4.78, 5) is 11.8. The average Bonchev–Trinajstić information content (AvgIpc) is 2.33. The topological polar surface area (TPSA) is 66.5 Å². The maximum atomic E-state index is 12.0. The molecular formula is C16H26N2O3S. The average molecular weight is 326 g/mol. The number of carbonyl (C=O) groups is 1. The number of anilines is 1. The number of benzene rings is 1. The van der Waals surface area contributed by atoms with Crippen molar-refractivity contribution >= 4 is 21.6 Å². The van der Waals surface area contributed by atoms with E-state index in [-0.39, 0.29) is 18.9 Å². The summed E-state index contributed by atoms with van der Waals surface area (Å²) < 4.78 is 25.3. The van der Waals surface area contributed by atoms with Gasteiger partial charge in [0, 0.05) is 19.5 Å². The van der Waals surface area contributed by atoms with Crippen LogP contribution in [0.4, 0.5) is 5.69 Å². The second-order valence-electron chi connectivity index (χ2n) is 6.13. The van der Waals surface area contributed by atoms with Gasteiger partial charge in [0.25, 0.3) is 0 Å². The third-order valence-electron chi connectivity index (χ3n) is 3.14. The molecule has 0 unspecified atom stereocenters. The SMILES string of the molecule is Cc1cc(C)cc(N(CCC(=O)NCC(C)C)S(C)(=O)=O)c1. The smallest absolute Gasteiger partial charge is 0.232 e. The molecule has 0 saturated heterocycles. The molecule has 0 heterocycles. The molecule has 6 heteroatoms. The number of nitrogens with zero attached hydrogens (tertiary/aromatic N) is 1. The fraction of sp³-hybridized carbons (Fsp3) is 0.562. The molecule has 0 bridgehead atoms. The monoisotopic (exact) mass is 326 g/mol. The normalized spacial score (nSPS) is 11.5. The number of sulfonamides is 1. The second kappa shape index (κ2) is 7.63. The lowest BCUT2D eigenvalue weighted by atomic mass is 10.1. The molecule has 5 nitrogen and oxygen atoms in total. The van der Waals surface area contributed by atoms with Crippen LogP contribution in [0.2, 0.25) is 0 Å². The van der Waals surface area contributed by atoms with E-state index < -0.39 is 10.0 Å². The Balaban J connectivity index is 2.85. The summed E-state index contributed by atoms with van der Waals surface area (Å²) >= 11 is 0. The van der Waals surface area contributed by atoms with Crippen LogP contribution in [-0.2, 0) is 14.8 Å². The van der Waals surface area contributed by atoms with Gasteiger partial charge in [-0.1, -0.05) is 19.9 Å². The Morgan fingerprint density at radius 3 is 2.18 bits per heavy atom. The van der Waals surface area contributed by atoms with Gasteiger partial charge in [0.15, 0.2) is 0 Å². The first-order chi connectivity index (χ1) is 10.1. The van der Waals surface area contributed by atoms with Crippen molar-refractivity contribution in [1.29, 1.82) is 0 Å². The van der Waals surface area contributed by atoms with Gasteiger partial charge in [0.05, 0.1) is 11.9 Å². The van der Waals surface area contributed by atoms with Crippen LogP contribution in [0.5, 0.6) is 0 Å². The van der Waals surface area contributed by atoms with Crippen molar-refractivity contribution in [2.24, 2.45) is 5.92 Å². The van der Waals surface area contributed by atoms with Gasteiger partial charge in [-0.05, 0) is 43.0 Å². The predicted octanol–water partition coefficient (Wildman–Crippen LogP) is 2.23. The first kappa shape index (κ1) is 18.5. The molecule has 0 atom stereocenters. The largest absolute Gasteiger partial charge is 0.356 e. The van der Waals surface area contributed by atoms with E-state index >= 15 is 0 Å². The first-order valence-corrected chi connectivity index (χ1v) is 9.27. The fourth-order valence-corrected chi connectivity index (χ4v) is 3.10. The highest BCUT2D eigenvalue weighted by molar-refractivity contribution is 7.92. The Morgan fingerprint density at radius 1 is 1.18 bits per heavy atom.